The molecule has 1 heterocycles. The number of nitro benzene ring substituents is 1. The van der Waals surface area contributed by atoms with Gasteiger partial charge in [-0.3, -0.25) is 10.1 Å². The first-order valence-electron chi connectivity index (χ1n) is 6.56. The van der Waals surface area contributed by atoms with Gasteiger partial charge in [0.15, 0.2) is 5.70 Å². The lowest BCUT2D eigenvalue weighted by atomic mass is 10.2. The molecule has 0 saturated carbocycles. The number of nitrogens with zero attached hydrogens (tertiary/aromatic N) is 2. The minimum atomic E-state index is -0.585. The highest BCUT2D eigenvalue weighted by Crippen LogP contribution is 2.21. The third kappa shape index (κ3) is 3.27. The molecule has 0 spiro atoms. The highest BCUT2D eigenvalue weighted by Gasteiger charge is 2.24. The van der Waals surface area contributed by atoms with Crippen molar-refractivity contribution < 1.29 is 14.5 Å². The van der Waals surface area contributed by atoms with Crippen molar-refractivity contribution in [2.24, 2.45) is 4.99 Å². The molecule has 0 amide bonds. The third-order valence-electron chi connectivity index (χ3n) is 3.10. The van der Waals surface area contributed by atoms with Gasteiger partial charge in [-0.1, -0.05) is 23.7 Å². The van der Waals surface area contributed by atoms with Gasteiger partial charge in [0, 0.05) is 22.7 Å². The Bertz CT molecular complexity index is 857. The number of carbonyl (C=O) groups excluding carboxylic acids is 1. The molecule has 3 rings (SSSR count). The number of cyclic esters (lactones) is 1. The zero-order valence-corrected chi connectivity index (χ0v) is 12.4. The highest BCUT2D eigenvalue weighted by molar-refractivity contribution is 6.30. The SMILES string of the molecule is O=C1OC(c2ccc([N+](=O)[O-])cc2)=N/C1=C\c1cccc(Cl)c1. The first-order valence-corrected chi connectivity index (χ1v) is 6.94. The molecule has 23 heavy (non-hydrogen) atoms. The van der Waals surface area contributed by atoms with Crippen molar-refractivity contribution in [3.63, 3.8) is 0 Å². The average molecular weight is 329 g/mol. The molecule has 0 radical (unpaired) electrons. The van der Waals surface area contributed by atoms with Gasteiger partial charge in [-0.2, -0.15) is 0 Å². The van der Waals surface area contributed by atoms with Crippen LogP contribution in [0.15, 0.2) is 59.2 Å². The van der Waals surface area contributed by atoms with Crippen LogP contribution >= 0.6 is 11.6 Å². The molecule has 0 atom stereocenters. The Labute approximate surface area is 135 Å². The lowest BCUT2D eigenvalue weighted by molar-refractivity contribution is -0.384. The van der Waals surface area contributed by atoms with Crippen LogP contribution in [0, 0.1) is 10.1 Å². The number of halogens is 1. The van der Waals surface area contributed by atoms with Crippen molar-refractivity contribution in [2.45, 2.75) is 0 Å². The Balaban J connectivity index is 1.90. The van der Waals surface area contributed by atoms with E-state index in [9.17, 15) is 14.9 Å². The molecule has 0 aliphatic carbocycles. The number of hydrogen-bond donors (Lipinski definition) is 0. The standard InChI is InChI=1S/C16H9ClN2O4/c17-12-3-1-2-10(8-12)9-14-16(20)23-15(18-14)11-4-6-13(7-5-11)19(21)22/h1-9H/b14-9-. The van der Waals surface area contributed by atoms with E-state index in [0.717, 1.165) is 5.56 Å². The van der Waals surface area contributed by atoms with Gasteiger partial charge in [-0.25, -0.2) is 9.79 Å². The van der Waals surface area contributed by atoms with Crippen LogP contribution < -0.4 is 0 Å². The van der Waals surface area contributed by atoms with Gasteiger partial charge in [-0.15, -0.1) is 0 Å². The molecule has 1 aliphatic rings. The summed E-state index contributed by atoms with van der Waals surface area (Å²) < 4.78 is 5.10. The number of nitro groups is 1. The van der Waals surface area contributed by atoms with Crippen molar-refractivity contribution in [1.82, 2.24) is 0 Å². The van der Waals surface area contributed by atoms with E-state index in [0.29, 0.717) is 10.6 Å². The number of carbonyl (C=O) groups is 1. The predicted molar refractivity (Wildman–Crippen MR) is 85.2 cm³/mol. The summed E-state index contributed by atoms with van der Waals surface area (Å²) in [5.74, 6) is -0.475. The van der Waals surface area contributed by atoms with E-state index in [2.05, 4.69) is 4.99 Å². The largest absolute Gasteiger partial charge is 0.402 e. The van der Waals surface area contributed by atoms with Crippen LogP contribution in [0.5, 0.6) is 0 Å². The number of aliphatic imine (C=N–C) groups is 1. The minimum absolute atomic E-state index is 0.0478. The maximum atomic E-state index is 11.9. The van der Waals surface area contributed by atoms with Crippen LogP contribution in [-0.4, -0.2) is 16.8 Å². The van der Waals surface area contributed by atoms with Crippen molar-refractivity contribution in [3.8, 4) is 0 Å². The van der Waals surface area contributed by atoms with E-state index < -0.39 is 10.9 Å². The van der Waals surface area contributed by atoms with Crippen LogP contribution in [-0.2, 0) is 9.53 Å². The van der Waals surface area contributed by atoms with Crippen LogP contribution in [0.4, 0.5) is 5.69 Å². The zero-order chi connectivity index (χ0) is 16.4. The lowest BCUT2D eigenvalue weighted by Gasteiger charge is -1.98. The molecule has 0 N–H and O–H groups in total. The van der Waals surface area contributed by atoms with E-state index in [4.69, 9.17) is 16.3 Å². The first-order chi connectivity index (χ1) is 11.0. The summed E-state index contributed by atoms with van der Waals surface area (Å²) in [4.78, 5) is 26.1. The van der Waals surface area contributed by atoms with Gasteiger partial charge >= 0.3 is 5.97 Å². The van der Waals surface area contributed by atoms with Crippen molar-refractivity contribution in [2.75, 3.05) is 0 Å². The predicted octanol–water partition coefficient (Wildman–Crippen LogP) is 3.59. The quantitative estimate of drug-likeness (QED) is 0.373. The molecule has 0 aromatic heterocycles. The normalized spacial score (nSPS) is 15.4. The van der Waals surface area contributed by atoms with E-state index in [-0.39, 0.29) is 17.3 Å². The number of rotatable bonds is 3. The molecule has 7 heteroatoms. The number of hydrogen-bond acceptors (Lipinski definition) is 5. The molecule has 0 fully saturated rings. The van der Waals surface area contributed by atoms with Crippen LogP contribution in [0.25, 0.3) is 6.08 Å². The van der Waals surface area contributed by atoms with Crippen LogP contribution in [0.3, 0.4) is 0 Å². The molecular weight excluding hydrogens is 320 g/mol. The van der Waals surface area contributed by atoms with E-state index in [1.165, 1.54) is 24.3 Å². The lowest BCUT2D eigenvalue weighted by Crippen LogP contribution is -2.05. The first kappa shape index (κ1) is 14.9. The molecule has 1 aliphatic heterocycles. The van der Waals surface area contributed by atoms with Gasteiger partial charge < -0.3 is 4.74 Å². The van der Waals surface area contributed by atoms with Gasteiger partial charge in [0.1, 0.15) is 0 Å². The second-order valence-electron chi connectivity index (χ2n) is 4.70. The number of esters is 1. The summed E-state index contributed by atoms with van der Waals surface area (Å²) in [6.07, 6.45) is 1.56. The minimum Gasteiger partial charge on any atom is -0.402 e. The Kier molecular flexibility index (Phi) is 3.91. The Morgan fingerprint density at radius 3 is 2.57 bits per heavy atom. The third-order valence-corrected chi connectivity index (χ3v) is 3.33. The zero-order valence-electron chi connectivity index (χ0n) is 11.6. The van der Waals surface area contributed by atoms with Gasteiger partial charge in [0.05, 0.1) is 4.92 Å². The second kappa shape index (κ2) is 6.02. The summed E-state index contributed by atoms with van der Waals surface area (Å²) in [5, 5.41) is 11.2. The molecule has 114 valence electrons. The summed E-state index contributed by atoms with van der Waals surface area (Å²) in [5.41, 5.74) is 1.30. The van der Waals surface area contributed by atoms with Crippen LogP contribution in [0.2, 0.25) is 5.02 Å². The molecule has 2 aromatic rings. The molecule has 0 bridgehead atoms. The number of ether oxygens (including phenoxy) is 1. The fraction of sp³-hybridized carbons (Fsp3) is 0. The van der Waals surface area contributed by atoms with E-state index in [1.54, 1.807) is 30.3 Å². The van der Waals surface area contributed by atoms with Crippen molar-refractivity contribution in [1.29, 1.82) is 0 Å². The van der Waals surface area contributed by atoms with Gasteiger partial charge in [-0.05, 0) is 35.9 Å². The molecule has 2 aromatic carbocycles. The number of benzene rings is 2. The molecular formula is C16H9ClN2O4. The Morgan fingerprint density at radius 2 is 1.91 bits per heavy atom. The van der Waals surface area contributed by atoms with Crippen LogP contribution in [0.1, 0.15) is 11.1 Å². The monoisotopic (exact) mass is 328 g/mol. The maximum absolute atomic E-state index is 11.9. The van der Waals surface area contributed by atoms with Crippen molar-refractivity contribution in [3.05, 3.63) is 80.5 Å². The fourth-order valence-electron chi connectivity index (χ4n) is 2.01. The van der Waals surface area contributed by atoms with Gasteiger partial charge in [0.2, 0.25) is 5.90 Å². The van der Waals surface area contributed by atoms with Gasteiger partial charge in [0.25, 0.3) is 5.69 Å². The Hall–Kier alpha value is -2.99. The number of non-ortho nitro benzene ring substituents is 1. The van der Waals surface area contributed by atoms with E-state index in [1.807, 2.05) is 0 Å². The average Bonchev–Trinajstić information content (AvgIpc) is 2.88. The summed E-state index contributed by atoms with van der Waals surface area (Å²) in [6.45, 7) is 0. The molecule has 0 saturated heterocycles. The fourth-order valence-corrected chi connectivity index (χ4v) is 2.21. The molecule has 6 nitrogen and oxygen atoms in total. The summed E-state index contributed by atoms with van der Waals surface area (Å²) in [7, 11) is 0. The van der Waals surface area contributed by atoms with E-state index >= 15 is 0 Å². The van der Waals surface area contributed by atoms with Crippen molar-refractivity contribution >= 4 is 35.2 Å². The smallest absolute Gasteiger partial charge is 0.363 e. The topological polar surface area (TPSA) is 81.8 Å². The Morgan fingerprint density at radius 1 is 1.17 bits per heavy atom. The molecule has 0 unspecified atom stereocenters. The summed E-state index contributed by atoms with van der Waals surface area (Å²) in [6, 6.07) is 12.6. The maximum Gasteiger partial charge on any atom is 0.363 e. The highest BCUT2D eigenvalue weighted by atomic mass is 35.5. The second-order valence-corrected chi connectivity index (χ2v) is 5.13. The summed E-state index contributed by atoms with van der Waals surface area (Å²) >= 11 is 5.90.